The first-order valence-electron chi connectivity index (χ1n) is 11.6. The minimum absolute atomic E-state index is 0.147. The third kappa shape index (κ3) is 19.9. The zero-order chi connectivity index (χ0) is 21.6. The highest BCUT2D eigenvalue weighted by atomic mass is 16.6. The van der Waals surface area contributed by atoms with Crippen LogP contribution in [0.1, 0.15) is 97.8 Å². The molecule has 0 aliphatic heterocycles. The molecular weight excluding hydrogens is 372 g/mol. The predicted octanol–water partition coefficient (Wildman–Crippen LogP) is 5.22. The largest absolute Gasteiger partial charge is 0.461 e. The molecule has 0 aromatic carbocycles. The zero-order valence-electron chi connectivity index (χ0n) is 19.0. The SMILES string of the molecule is CCCCCCCCCCCC(=O)OC(C)C(=O)OCCOCCOCCCC. The number of carbonyl (C=O) groups excluding carboxylic acids is 2. The Morgan fingerprint density at radius 2 is 1.17 bits per heavy atom. The van der Waals surface area contributed by atoms with Crippen molar-refractivity contribution < 1.29 is 28.5 Å². The van der Waals surface area contributed by atoms with Gasteiger partial charge in [-0.3, -0.25) is 4.79 Å². The average Bonchev–Trinajstić information content (AvgIpc) is 2.71. The molecule has 0 heterocycles. The number of carbonyl (C=O) groups is 2. The number of rotatable bonds is 21. The van der Waals surface area contributed by atoms with Crippen LogP contribution in [-0.2, 0) is 28.5 Å². The second-order valence-electron chi connectivity index (χ2n) is 7.46. The van der Waals surface area contributed by atoms with E-state index in [-0.39, 0.29) is 12.6 Å². The molecule has 0 bridgehead atoms. The van der Waals surface area contributed by atoms with Crippen molar-refractivity contribution in [3.63, 3.8) is 0 Å². The molecule has 0 aliphatic carbocycles. The normalized spacial score (nSPS) is 12.0. The number of esters is 2. The first-order valence-corrected chi connectivity index (χ1v) is 11.6. The van der Waals surface area contributed by atoms with Gasteiger partial charge in [-0.25, -0.2) is 4.79 Å². The summed E-state index contributed by atoms with van der Waals surface area (Å²) in [6, 6.07) is 0. The summed E-state index contributed by atoms with van der Waals surface area (Å²) in [5, 5.41) is 0. The third-order valence-corrected chi connectivity index (χ3v) is 4.61. The van der Waals surface area contributed by atoms with Crippen molar-refractivity contribution in [2.45, 2.75) is 104 Å². The van der Waals surface area contributed by atoms with Gasteiger partial charge in [0.1, 0.15) is 6.61 Å². The molecule has 0 fully saturated rings. The summed E-state index contributed by atoms with van der Waals surface area (Å²) in [5.41, 5.74) is 0. The number of hydrogen-bond donors (Lipinski definition) is 0. The summed E-state index contributed by atoms with van der Waals surface area (Å²) in [6.45, 7) is 8.10. The number of hydrogen-bond acceptors (Lipinski definition) is 6. The Labute approximate surface area is 178 Å². The topological polar surface area (TPSA) is 71.1 Å². The van der Waals surface area contributed by atoms with Gasteiger partial charge in [-0.05, 0) is 19.8 Å². The molecule has 0 N–H and O–H groups in total. The molecule has 1 atom stereocenters. The molecule has 6 heteroatoms. The Kier molecular flexibility index (Phi) is 20.7. The molecule has 0 spiro atoms. The highest BCUT2D eigenvalue weighted by molar-refractivity contribution is 5.78. The van der Waals surface area contributed by atoms with E-state index in [0.29, 0.717) is 26.2 Å². The first-order chi connectivity index (χ1) is 14.1. The van der Waals surface area contributed by atoms with E-state index in [1.54, 1.807) is 6.92 Å². The molecule has 0 saturated carbocycles. The van der Waals surface area contributed by atoms with Gasteiger partial charge in [0.05, 0.1) is 19.8 Å². The molecule has 6 nitrogen and oxygen atoms in total. The van der Waals surface area contributed by atoms with E-state index in [9.17, 15) is 9.59 Å². The van der Waals surface area contributed by atoms with Crippen LogP contribution < -0.4 is 0 Å². The average molecular weight is 417 g/mol. The number of ether oxygens (including phenoxy) is 4. The molecular formula is C23H44O6. The minimum atomic E-state index is -0.876. The van der Waals surface area contributed by atoms with Crippen molar-refractivity contribution in [2.24, 2.45) is 0 Å². The van der Waals surface area contributed by atoms with Crippen LogP contribution in [0.4, 0.5) is 0 Å². The summed E-state index contributed by atoms with van der Waals surface area (Å²) in [4.78, 5) is 23.6. The van der Waals surface area contributed by atoms with Crippen molar-refractivity contribution in [1.82, 2.24) is 0 Å². The Hall–Kier alpha value is -1.14. The molecule has 0 saturated heterocycles. The van der Waals surface area contributed by atoms with Gasteiger partial charge in [-0.1, -0.05) is 71.6 Å². The lowest BCUT2D eigenvalue weighted by molar-refractivity contribution is -0.167. The Morgan fingerprint density at radius 1 is 0.655 bits per heavy atom. The van der Waals surface area contributed by atoms with E-state index < -0.39 is 12.1 Å². The summed E-state index contributed by atoms with van der Waals surface area (Å²) in [7, 11) is 0. The number of unbranched alkanes of at least 4 members (excludes halogenated alkanes) is 9. The van der Waals surface area contributed by atoms with Gasteiger partial charge in [0, 0.05) is 13.0 Å². The quantitative estimate of drug-likeness (QED) is 0.189. The van der Waals surface area contributed by atoms with E-state index in [4.69, 9.17) is 18.9 Å². The van der Waals surface area contributed by atoms with Gasteiger partial charge >= 0.3 is 11.9 Å². The molecule has 172 valence electrons. The van der Waals surface area contributed by atoms with Crippen LogP contribution in [0.5, 0.6) is 0 Å². The van der Waals surface area contributed by atoms with E-state index in [1.165, 1.54) is 38.5 Å². The maximum Gasteiger partial charge on any atom is 0.347 e. The maximum atomic E-state index is 11.8. The van der Waals surface area contributed by atoms with Crippen molar-refractivity contribution in [3.05, 3.63) is 0 Å². The Bertz CT molecular complexity index is 386. The third-order valence-electron chi connectivity index (χ3n) is 4.61. The lowest BCUT2D eigenvalue weighted by Gasteiger charge is -2.13. The lowest BCUT2D eigenvalue weighted by atomic mass is 10.1. The van der Waals surface area contributed by atoms with E-state index in [0.717, 1.165) is 38.7 Å². The van der Waals surface area contributed by atoms with Crippen LogP contribution in [0.15, 0.2) is 0 Å². The Balaban J connectivity index is 3.50. The summed E-state index contributed by atoms with van der Waals surface area (Å²) in [6.07, 6.45) is 12.4. The first kappa shape index (κ1) is 27.9. The van der Waals surface area contributed by atoms with Crippen molar-refractivity contribution >= 4 is 11.9 Å². The molecule has 0 amide bonds. The summed E-state index contributed by atoms with van der Waals surface area (Å²) in [5.74, 6) is -0.869. The van der Waals surface area contributed by atoms with Gasteiger partial charge in [-0.15, -0.1) is 0 Å². The Morgan fingerprint density at radius 3 is 1.79 bits per heavy atom. The second kappa shape index (κ2) is 21.6. The van der Waals surface area contributed by atoms with Crippen molar-refractivity contribution in [2.75, 3.05) is 33.0 Å². The fraction of sp³-hybridized carbons (Fsp3) is 0.913. The highest BCUT2D eigenvalue weighted by Crippen LogP contribution is 2.11. The zero-order valence-corrected chi connectivity index (χ0v) is 19.0. The fourth-order valence-corrected chi connectivity index (χ4v) is 2.77. The standard InChI is InChI=1S/C23H44O6/c1-4-6-8-9-10-11-12-13-14-15-22(24)29-21(3)23(25)28-20-19-27-18-17-26-16-7-5-2/h21H,4-20H2,1-3H3. The van der Waals surface area contributed by atoms with E-state index >= 15 is 0 Å². The van der Waals surface area contributed by atoms with Crippen molar-refractivity contribution in [1.29, 1.82) is 0 Å². The van der Waals surface area contributed by atoms with Gasteiger partial charge in [0.25, 0.3) is 0 Å². The maximum absolute atomic E-state index is 11.8. The smallest absolute Gasteiger partial charge is 0.347 e. The van der Waals surface area contributed by atoms with Crippen LogP contribution in [0.25, 0.3) is 0 Å². The minimum Gasteiger partial charge on any atom is -0.461 e. The van der Waals surface area contributed by atoms with Gasteiger partial charge in [0.15, 0.2) is 6.10 Å². The molecule has 0 aliphatic rings. The predicted molar refractivity (Wildman–Crippen MR) is 115 cm³/mol. The fourth-order valence-electron chi connectivity index (χ4n) is 2.77. The van der Waals surface area contributed by atoms with Crippen molar-refractivity contribution in [3.8, 4) is 0 Å². The van der Waals surface area contributed by atoms with Gasteiger partial charge in [-0.2, -0.15) is 0 Å². The highest BCUT2D eigenvalue weighted by Gasteiger charge is 2.18. The molecule has 1 unspecified atom stereocenters. The van der Waals surface area contributed by atoms with E-state index in [2.05, 4.69) is 13.8 Å². The lowest BCUT2D eigenvalue weighted by Crippen LogP contribution is -2.27. The summed E-state index contributed by atoms with van der Waals surface area (Å²) < 4.78 is 20.9. The van der Waals surface area contributed by atoms with Crippen LogP contribution in [0.3, 0.4) is 0 Å². The molecule has 29 heavy (non-hydrogen) atoms. The van der Waals surface area contributed by atoms with Gasteiger partial charge in [0.2, 0.25) is 0 Å². The van der Waals surface area contributed by atoms with Gasteiger partial charge < -0.3 is 18.9 Å². The summed E-state index contributed by atoms with van der Waals surface area (Å²) >= 11 is 0. The van der Waals surface area contributed by atoms with Crippen LogP contribution in [0, 0.1) is 0 Å². The van der Waals surface area contributed by atoms with Crippen LogP contribution >= 0.6 is 0 Å². The second-order valence-corrected chi connectivity index (χ2v) is 7.46. The van der Waals surface area contributed by atoms with Crippen LogP contribution in [0.2, 0.25) is 0 Å². The monoisotopic (exact) mass is 416 g/mol. The van der Waals surface area contributed by atoms with E-state index in [1.807, 2.05) is 0 Å². The molecule has 0 aromatic rings. The molecule has 0 aromatic heterocycles. The molecule has 0 rings (SSSR count). The van der Waals surface area contributed by atoms with Crippen LogP contribution in [-0.4, -0.2) is 51.1 Å². The molecule has 0 radical (unpaired) electrons.